The molecule has 0 atom stereocenters. The van der Waals surface area contributed by atoms with Crippen molar-refractivity contribution in [2.45, 2.75) is 13.5 Å². The zero-order valence-corrected chi connectivity index (χ0v) is 12.4. The number of rotatable bonds is 3. The van der Waals surface area contributed by atoms with E-state index in [4.69, 9.17) is 11.5 Å². The predicted molar refractivity (Wildman–Crippen MR) is 82.6 cm³/mol. The number of nitrogens with zero attached hydrogens (tertiary/aromatic N) is 2. The van der Waals surface area contributed by atoms with Gasteiger partial charge in [-0.25, -0.2) is 4.98 Å². The third-order valence-electron chi connectivity index (χ3n) is 3.75. The van der Waals surface area contributed by atoms with Crippen molar-refractivity contribution in [1.82, 2.24) is 9.88 Å². The molecule has 1 aliphatic rings. The molecule has 0 fully saturated rings. The first-order valence-electron chi connectivity index (χ1n) is 6.91. The summed E-state index contributed by atoms with van der Waals surface area (Å²) in [6.45, 7) is 1.67. The summed E-state index contributed by atoms with van der Waals surface area (Å²) in [6.07, 6.45) is 0. The van der Waals surface area contributed by atoms with Crippen molar-refractivity contribution in [2.24, 2.45) is 5.73 Å². The van der Waals surface area contributed by atoms with Crippen LogP contribution in [0.5, 0.6) is 0 Å². The highest BCUT2D eigenvalue weighted by Crippen LogP contribution is 2.32. The SMILES string of the molecule is Cc1nc(C(N)=O)c(N)c2c1C(=O)N(Cc1ccccc1)C2=O. The van der Waals surface area contributed by atoms with Crippen LogP contribution in [0.3, 0.4) is 0 Å². The number of nitrogen functional groups attached to an aromatic ring is 1. The summed E-state index contributed by atoms with van der Waals surface area (Å²) in [4.78, 5) is 41.6. The van der Waals surface area contributed by atoms with Gasteiger partial charge < -0.3 is 11.5 Å². The second-order valence-corrected chi connectivity index (χ2v) is 5.26. The number of amides is 3. The van der Waals surface area contributed by atoms with Crippen molar-refractivity contribution in [1.29, 1.82) is 0 Å². The molecule has 2 aromatic rings. The Hall–Kier alpha value is -3.22. The topological polar surface area (TPSA) is 119 Å². The summed E-state index contributed by atoms with van der Waals surface area (Å²) in [5, 5.41) is 0. The summed E-state index contributed by atoms with van der Waals surface area (Å²) in [6, 6.07) is 9.11. The Morgan fingerprint density at radius 1 is 1.13 bits per heavy atom. The van der Waals surface area contributed by atoms with Crippen molar-refractivity contribution >= 4 is 23.4 Å². The van der Waals surface area contributed by atoms with Gasteiger partial charge in [-0.3, -0.25) is 19.3 Å². The van der Waals surface area contributed by atoms with Crippen molar-refractivity contribution in [2.75, 3.05) is 5.73 Å². The molecule has 23 heavy (non-hydrogen) atoms. The number of anilines is 1. The maximum atomic E-state index is 12.6. The normalized spacial score (nSPS) is 13.3. The van der Waals surface area contributed by atoms with E-state index in [1.54, 1.807) is 6.92 Å². The Morgan fingerprint density at radius 3 is 2.35 bits per heavy atom. The summed E-state index contributed by atoms with van der Waals surface area (Å²) in [7, 11) is 0. The summed E-state index contributed by atoms with van der Waals surface area (Å²) in [5.74, 6) is -1.85. The first-order chi connectivity index (χ1) is 10.9. The molecule has 0 bridgehead atoms. The number of imide groups is 1. The van der Waals surface area contributed by atoms with Crippen LogP contribution in [-0.2, 0) is 6.54 Å². The Balaban J connectivity index is 2.08. The van der Waals surface area contributed by atoms with Crippen LogP contribution in [0.4, 0.5) is 5.69 Å². The molecule has 116 valence electrons. The van der Waals surface area contributed by atoms with Crippen LogP contribution in [0.25, 0.3) is 0 Å². The lowest BCUT2D eigenvalue weighted by atomic mass is 10.0. The van der Waals surface area contributed by atoms with Crippen LogP contribution in [0.1, 0.15) is 42.5 Å². The number of benzene rings is 1. The van der Waals surface area contributed by atoms with E-state index in [-0.39, 0.29) is 34.7 Å². The molecular formula is C16H14N4O3. The van der Waals surface area contributed by atoms with Crippen LogP contribution >= 0.6 is 0 Å². The smallest absolute Gasteiger partial charge is 0.269 e. The third-order valence-corrected chi connectivity index (χ3v) is 3.75. The largest absolute Gasteiger partial charge is 0.396 e. The van der Waals surface area contributed by atoms with Gasteiger partial charge in [0.25, 0.3) is 17.7 Å². The molecule has 7 nitrogen and oxygen atoms in total. The minimum atomic E-state index is -0.838. The average Bonchev–Trinajstić information content (AvgIpc) is 2.77. The molecule has 0 aliphatic carbocycles. The van der Waals surface area contributed by atoms with Crippen molar-refractivity contribution < 1.29 is 14.4 Å². The van der Waals surface area contributed by atoms with Gasteiger partial charge in [0.15, 0.2) is 5.69 Å². The van der Waals surface area contributed by atoms with Gasteiger partial charge in [0.05, 0.1) is 29.1 Å². The van der Waals surface area contributed by atoms with E-state index in [2.05, 4.69) is 4.98 Å². The van der Waals surface area contributed by atoms with Gasteiger partial charge >= 0.3 is 0 Å². The Kier molecular flexibility index (Phi) is 3.33. The van der Waals surface area contributed by atoms with Crippen LogP contribution in [0.15, 0.2) is 30.3 Å². The molecule has 4 N–H and O–H groups in total. The Labute approximate surface area is 131 Å². The molecule has 1 aliphatic heterocycles. The highest BCUT2D eigenvalue weighted by molar-refractivity contribution is 6.25. The fraction of sp³-hybridized carbons (Fsp3) is 0.125. The van der Waals surface area contributed by atoms with E-state index in [0.29, 0.717) is 0 Å². The predicted octanol–water partition coefficient (Wildman–Crippen LogP) is 0.867. The minimum absolute atomic E-state index is 0.00670. The standard InChI is InChI=1S/C16H14N4O3/c1-8-10-11(12(17)13(19-8)14(18)21)16(23)20(15(10)22)7-9-5-3-2-4-6-9/h2-6H,7,17H2,1H3,(H2,18,21). The lowest BCUT2D eigenvalue weighted by Gasteiger charge is -2.13. The molecule has 3 amide bonds. The van der Waals surface area contributed by atoms with Crippen LogP contribution in [0, 0.1) is 6.92 Å². The van der Waals surface area contributed by atoms with Crippen LogP contribution in [0.2, 0.25) is 0 Å². The van der Waals surface area contributed by atoms with E-state index in [0.717, 1.165) is 10.5 Å². The molecule has 1 aromatic carbocycles. The first kappa shape index (κ1) is 14.7. The van der Waals surface area contributed by atoms with Gasteiger partial charge in [0.2, 0.25) is 0 Å². The van der Waals surface area contributed by atoms with Crippen molar-refractivity contribution in [3.8, 4) is 0 Å². The Morgan fingerprint density at radius 2 is 1.74 bits per heavy atom. The van der Waals surface area contributed by atoms with Gasteiger partial charge in [0.1, 0.15) is 0 Å². The second-order valence-electron chi connectivity index (χ2n) is 5.26. The zero-order valence-electron chi connectivity index (χ0n) is 12.4. The maximum Gasteiger partial charge on any atom is 0.269 e. The van der Waals surface area contributed by atoms with E-state index in [1.807, 2.05) is 30.3 Å². The monoisotopic (exact) mass is 310 g/mol. The number of nitrogens with two attached hydrogens (primary N) is 2. The number of hydrogen-bond acceptors (Lipinski definition) is 5. The Bertz CT molecular complexity index is 846. The zero-order chi connectivity index (χ0) is 16.7. The average molecular weight is 310 g/mol. The highest BCUT2D eigenvalue weighted by atomic mass is 16.2. The number of hydrogen-bond donors (Lipinski definition) is 2. The highest BCUT2D eigenvalue weighted by Gasteiger charge is 2.40. The number of fused-ring (bicyclic) bond motifs is 1. The number of aromatic nitrogens is 1. The number of aryl methyl sites for hydroxylation is 1. The van der Waals surface area contributed by atoms with Gasteiger partial charge in [-0.05, 0) is 12.5 Å². The molecule has 7 heteroatoms. The number of primary amides is 1. The second kappa shape index (κ2) is 5.20. The van der Waals surface area contributed by atoms with E-state index >= 15 is 0 Å². The fourth-order valence-corrected chi connectivity index (χ4v) is 2.66. The summed E-state index contributed by atoms with van der Waals surface area (Å²) in [5.41, 5.74) is 11.9. The molecule has 0 saturated heterocycles. The minimum Gasteiger partial charge on any atom is -0.396 e. The fourth-order valence-electron chi connectivity index (χ4n) is 2.66. The van der Waals surface area contributed by atoms with Crippen LogP contribution in [-0.4, -0.2) is 27.6 Å². The van der Waals surface area contributed by atoms with Gasteiger partial charge in [-0.2, -0.15) is 0 Å². The number of carbonyl (C=O) groups is 3. The summed E-state index contributed by atoms with van der Waals surface area (Å²) >= 11 is 0. The van der Waals surface area contributed by atoms with Crippen molar-refractivity contribution in [3.63, 3.8) is 0 Å². The van der Waals surface area contributed by atoms with Gasteiger partial charge in [0, 0.05) is 0 Å². The molecule has 2 heterocycles. The number of carbonyl (C=O) groups excluding carboxylic acids is 3. The van der Waals surface area contributed by atoms with E-state index in [1.165, 1.54) is 0 Å². The van der Waals surface area contributed by atoms with Crippen molar-refractivity contribution in [3.05, 3.63) is 58.4 Å². The van der Waals surface area contributed by atoms with Gasteiger partial charge in [-0.1, -0.05) is 30.3 Å². The lowest BCUT2D eigenvalue weighted by molar-refractivity contribution is 0.0642. The molecule has 1 aromatic heterocycles. The van der Waals surface area contributed by atoms with E-state index < -0.39 is 17.7 Å². The third kappa shape index (κ3) is 2.22. The molecule has 0 spiro atoms. The summed E-state index contributed by atoms with van der Waals surface area (Å²) < 4.78 is 0. The maximum absolute atomic E-state index is 12.6. The van der Waals surface area contributed by atoms with Gasteiger partial charge in [-0.15, -0.1) is 0 Å². The lowest BCUT2D eigenvalue weighted by Crippen LogP contribution is -2.29. The number of pyridine rings is 1. The van der Waals surface area contributed by atoms with Crippen LogP contribution < -0.4 is 11.5 Å². The quantitative estimate of drug-likeness (QED) is 0.815. The molecule has 0 saturated carbocycles. The first-order valence-corrected chi connectivity index (χ1v) is 6.91. The molecular weight excluding hydrogens is 296 g/mol. The molecule has 0 radical (unpaired) electrons. The molecule has 0 unspecified atom stereocenters. The molecule has 3 rings (SSSR count). The van der Waals surface area contributed by atoms with E-state index in [9.17, 15) is 14.4 Å².